The Morgan fingerprint density at radius 1 is 1.00 bits per heavy atom. The Labute approximate surface area is 96.1 Å². The van der Waals surface area contributed by atoms with Crippen molar-refractivity contribution in [3.63, 3.8) is 0 Å². The Morgan fingerprint density at radius 2 is 1.60 bits per heavy atom. The van der Waals surface area contributed by atoms with E-state index in [-0.39, 0.29) is 12.4 Å². The molecule has 0 aliphatic carbocycles. The van der Waals surface area contributed by atoms with Crippen LogP contribution in [0.4, 0.5) is 5.69 Å². The molecule has 0 bridgehead atoms. The summed E-state index contributed by atoms with van der Waals surface area (Å²) in [7, 11) is 0. The summed E-state index contributed by atoms with van der Waals surface area (Å²) in [6.45, 7) is 3.53. The van der Waals surface area contributed by atoms with Gasteiger partial charge < -0.3 is 9.80 Å². The van der Waals surface area contributed by atoms with E-state index in [1.165, 1.54) is 5.69 Å². The van der Waals surface area contributed by atoms with Gasteiger partial charge in [0.1, 0.15) is 0 Å². The maximum atomic E-state index is 10.5. The second-order valence-corrected chi connectivity index (χ2v) is 3.46. The van der Waals surface area contributed by atoms with Crippen LogP contribution < -0.4 is 4.90 Å². The third kappa shape index (κ3) is 2.86. The molecule has 0 atom stereocenters. The zero-order valence-electron chi connectivity index (χ0n) is 8.50. The van der Waals surface area contributed by atoms with E-state index in [9.17, 15) is 4.79 Å². The van der Waals surface area contributed by atoms with E-state index in [2.05, 4.69) is 17.0 Å². The van der Waals surface area contributed by atoms with Crippen LogP contribution in [0.5, 0.6) is 0 Å². The first-order valence-corrected chi connectivity index (χ1v) is 4.89. The van der Waals surface area contributed by atoms with Gasteiger partial charge in [-0.25, -0.2) is 0 Å². The van der Waals surface area contributed by atoms with Crippen LogP contribution in [0.25, 0.3) is 0 Å². The normalized spacial score (nSPS) is 15.7. The Morgan fingerprint density at radius 3 is 2.13 bits per heavy atom. The first kappa shape index (κ1) is 11.9. The molecule has 3 nitrogen and oxygen atoms in total. The Balaban J connectivity index is 0.00000112. The maximum absolute atomic E-state index is 10.5. The summed E-state index contributed by atoms with van der Waals surface area (Å²) in [5.74, 6) is 0. The molecule has 1 heterocycles. The molecule has 1 aromatic rings. The van der Waals surface area contributed by atoms with Gasteiger partial charge in [0.2, 0.25) is 6.41 Å². The fourth-order valence-electron chi connectivity index (χ4n) is 1.72. The van der Waals surface area contributed by atoms with E-state index in [4.69, 9.17) is 0 Å². The monoisotopic (exact) mass is 226 g/mol. The highest BCUT2D eigenvalue weighted by Crippen LogP contribution is 2.14. The van der Waals surface area contributed by atoms with Crippen molar-refractivity contribution in [2.45, 2.75) is 0 Å². The lowest BCUT2D eigenvalue weighted by Crippen LogP contribution is -2.45. The number of nitrogens with zero attached hydrogens (tertiary/aromatic N) is 2. The van der Waals surface area contributed by atoms with Gasteiger partial charge in [-0.05, 0) is 12.1 Å². The number of hydrogen-bond acceptors (Lipinski definition) is 2. The standard InChI is InChI=1S/C11H14N2O.ClH/c14-10-12-6-8-13(9-7-12)11-4-2-1-3-5-11;/h1-5,10H,6-9H2;1H. The molecule has 0 radical (unpaired) electrons. The number of rotatable bonds is 2. The van der Waals surface area contributed by atoms with Gasteiger partial charge in [0.25, 0.3) is 0 Å². The number of benzene rings is 1. The molecule has 2 rings (SSSR count). The number of carbonyl (C=O) groups is 1. The molecule has 15 heavy (non-hydrogen) atoms. The lowest BCUT2D eigenvalue weighted by Gasteiger charge is -2.34. The third-order valence-electron chi connectivity index (χ3n) is 2.58. The molecule has 0 saturated carbocycles. The average molecular weight is 227 g/mol. The number of anilines is 1. The van der Waals surface area contributed by atoms with Gasteiger partial charge in [0.15, 0.2) is 0 Å². The van der Waals surface area contributed by atoms with Gasteiger partial charge >= 0.3 is 0 Å². The lowest BCUT2D eigenvalue weighted by atomic mass is 10.2. The second-order valence-electron chi connectivity index (χ2n) is 3.46. The van der Waals surface area contributed by atoms with Crippen molar-refractivity contribution in [1.29, 1.82) is 0 Å². The summed E-state index contributed by atoms with van der Waals surface area (Å²) in [6.07, 6.45) is 0.933. The number of piperazine rings is 1. The maximum Gasteiger partial charge on any atom is 0.209 e. The highest BCUT2D eigenvalue weighted by Gasteiger charge is 2.14. The minimum Gasteiger partial charge on any atom is -0.368 e. The summed E-state index contributed by atoms with van der Waals surface area (Å²) in [4.78, 5) is 14.6. The van der Waals surface area contributed by atoms with Crippen LogP contribution in [-0.4, -0.2) is 37.5 Å². The van der Waals surface area contributed by atoms with E-state index in [1.54, 1.807) is 0 Å². The van der Waals surface area contributed by atoms with Gasteiger partial charge in [-0.1, -0.05) is 18.2 Å². The number of halogens is 1. The summed E-state index contributed by atoms with van der Waals surface area (Å²) in [5.41, 5.74) is 1.25. The minimum absolute atomic E-state index is 0. The molecule has 0 unspecified atom stereocenters. The quantitative estimate of drug-likeness (QED) is 0.712. The Kier molecular flexibility index (Phi) is 4.43. The molecule has 1 saturated heterocycles. The van der Waals surface area contributed by atoms with Crippen molar-refractivity contribution in [1.82, 2.24) is 4.90 Å². The molecule has 0 N–H and O–H groups in total. The molecule has 4 heteroatoms. The van der Waals surface area contributed by atoms with Gasteiger partial charge in [0.05, 0.1) is 0 Å². The van der Waals surface area contributed by atoms with Crippen LogP contribution in [0, 0.1) is 0 Å². The van der Waals surface area contributed by atoms with Crippen molar-refractivity contribution in [3.05, 3.63) is 30.3 Å². The molecule has 1 fully saturated rings. The topological polar surface area (TPSA) is 23.6 Å². The average Bonchev–Trinajstić information content (AvgIpc) is 2.30. The van der Waals surface area contributed by atoms with E-state index in [0.717, 1.165) is 32.6 Å². The minimum atomic E-state index is 0. The highest BCUT2D eigenvalue weighted by atomic mass is 35.5. The largest absolute Gasteiger partial charge is 0.368 e. The fourth-order valence-corrected chi connectivity index (χ4v) is 1.72. The Bertz CT molecular complexity index is 297. The fraction of sp³-hybridized carbons (Fsp3) is 0.364. The highest BCUT2D eigenvalue weighted by molar-refractivity contribution is 5.85. The predicted molar refractivity (Wildman–Crippen MR) is 63.5 cm³/mol. The molecule has 1 aliphatic heterocycles. The van der Waals surface area contributed by atoms with Crippen LogP contribution in [0.2, 0.25) is 0 Å². The van der Waals surface area contributed by atoms with E-state index in [1.807, 2.05) is 23.1 Å². The lowest BCUT2D eigenvalue weighted by molar-refractivity contribution is -0.118. The molecule has 1 amide bonds. The van der Waals surface area contributed by atoms with Crippen LogP contribution in [0.15, 0.2) is 30.3 Å². The van der Waals surface area contributed by atoms with Gasteiger partial charge in [-0.15, -0.1) is 12.4 Å². The third-order valence-corrected chi connectivity index (χ3v) is 2.58. The van der Waals surface area contributed by atoms with Crippen molar-refractivity contribution >= 4 is 24.5 Å². The van der Waals surface area contributed by atoms with Crippen LogP contribution >= 0.6 is 12.4 Å². The van der Waals surface area contributed by atoms with Crippen molar-refractivity contribution in [2.75, 3.05) is 31.1 Å². The SMILES string of the molecule is Cl.O=CN1CCN(c2ccccc2)CC1. The van der Waals surface area contributed by atoms with E-state index >= 15 is 0 Å². The number of amides is 1. The van der Waals surface area contributed by atoms with Crippen molar-refractivity contribution in [3.8, 4) is 0 Å². The summed E-state index contributed by atoms with van der Waals surface area (Å²) >= 11 is 0. The van der Waals surface area contributed by atoms with Crippen molar-refractivity contribution < 1.29 is 4.79 Å². The van der Waals surface area contributed by atoms with Gasteiger partial charge in [-0.3, -0.25) is 4.79 Å². The first-order valence-electron chi connectivity index (χ1n) is 4.89. The zero-order valence-corrected chi connectivity index (χ0v) is 9.32. The van der Waals surface area contributed by atoms with Gasteiger partial charge in [-0.2, -0.15) is 0 Å². The summed E-state index contributed by atoms with van der Waals surface area (Å²) in [6, 6.07) is 10.3. The molecule has 82 valence electrons. The number of hydrogen-bond donors (Lipinski definition) is 0. The van der Waals surface area contributed by atoms with Crippen LogP contribution in [-0.2, 0) is 4.79 Å². The van der Waals surface area contributed by atoms with E-state index in [0.29, 0.717) is 0 Å². The molecule has 0 aromatic heterocycles. The smallest absolute Gasteiger partial charge is 0.209 e. The first-order chi connectivity index (χ1) is 6.90. The molecule has 0 spiro atoms. The van der Waals surface area contributed by atoms with Crippen LogP contribution in [0.1, 0.15) is 0 Å². The number of carbonyl (C=O) groups excluding carboxylic acids is 1. The second kappa shape index (κ2) is 5.61. The molecule has 1 aromatic carbocycles. The van der Waals surface area contributed by atoms with Crippen molar-refractivity contribution in [2.24, 2.45) is 0 Å². The summed E-state index contributed by atoms with van der Waals surface area (Å²) in [5, 5.41) is 0. The zero-order chi connectivity index (χ0) is 9.80. The Hall–Kier alpha value is -1.22. The molecular formula is C11H15ClN2O. The number of para-hydroxylation sites is 1. The molecule has 1 aliphatic rings. The van der Waals surface area contributed by atoms with Gasteiger partial charge in [0, 0.05) is 31.9 Å². The van der Waals surface area contributed by atoms with Crippen LogP contribution in [0.3, 0.4) is 0 Å². The van der Waals surface area contributed by atoms with E-state index < -0.39 is 0 Å². The predicted octanol–water partition coefficient (Wildman–Crippen LogP) is 1.39. The summed E-state index contributed by atoms with van der Waals surface area (Å²) < 4.78 is 0. The molecular weight excluding hydrogens is 212 g/mol.